The fraction of sp³-hybridized carbons (Fsp3) is 0.929. The molecule has 0 N–H and O–H groups in total. The van der Waals surface area contributed by atoms with Crippen LogP contribution in [-0.4, -0.2) is 48.4 Å². The third-order valence-corrected chi connectivity index (χ3v) is 2.56. The zero-order valence-electron chi connectivity index (χ0n) is 12.9. The largest absolute Gasteiger partial charge is 0.337 e. The highest BCUT2D eigenvalue weighted by atomic mass is 16.2. The highest BCUT2D eigenvalue weighted by molar-refractivity contribution is 5.77. The van der Waals surface area contributed by atoms with Crippen LogP contribution in [0, 0.1) is 5.41 Å². The van der Waals surface area contributed by atoms with Gasteiger partial charge in [0, 0.05) is 25.0 Å². The number of amides is 1. The van der Waals surface area contributed by atoms with E-state index in [1.807, 2.05) is 19.0 Å². The van der Waals surface area contributed by atoms with Crippen LogP contribution in [0.1, 0.15) is 48.0 Å². The van der Waals surface area contributed by atoms with E-state index in [0.29, 0.717) is 6.42 Å². The van der Waals surface area contributed by atoms with E-state index in [1.165, 1.54) is 0 Å². The zero-order valence-corrected chi connectivity index (χ0v) is 12.9. The van der Waals surface area contributed by atoms with Gasteiger partial charge in [-0.25, -0.2) is 0 Å². The van der Waals surface area contributed by atoms with Gasteiger partial charge in [-0.05, 0) is 40.3 Å². The summed E-state index contributed by atoms with van der Waals surface area (Å²) in [4.78, 5) is 16.4. The summed E-state index contributed by atoms with van der Waals surface area (Å²) in [5, 5.41) is 0. The van der Waals surface area contributed by atoms with E-state index in [2.05, 4.69) is 46.4 Å². The van der Waals surface area contributed by atoms with Gasteiger partial charge in [0.2, 0.25) is 5.91 Å². The van der Waals surface area contributed by atoms with Crippen molar-refractivity contribution in [3.05, 3.63) is 0 Å². The van der Waals surface area contributed by atoms with Crippen molar-refractivity contribution in [3.63, 3.8) is 0 Å². The summed E-state index contributed by atoms with van der Waals surface area (Å²) in [7, 11) is 4.07. The van der Waals surface area contributed by atoms with E-state index in [1.54, 1.807) is 0 Å². The first kappa shape index (κ1) is 16.4. The van der Waals surface area contributed by atoms with E-state index < -0.39 is 0 Å². The summed E-state index contributed by atoms with van der Waals surface area (Å²) in [5.41, 5.74) is -0.0446. The normalized spacial score (nSPS) is 13.0. The van der Waals surface area contributed by atoms with Crippen LogP contribution in [-0.2, 0) is 4.79 Å². The van der Waals surface area contributed by atoms with Crippen molar-refractivity contribution < 1.29 is 4.79 Å². The third kappa shape index (κ3) is 7.37. The molecule has 0 aromatic carbocycles. The minimum atomic E-state index is -0.0989. The van der Waals surface area contributed by atoms with Crippen LogP contribution in [0.3, 0.4) is 0 Å². The van der Waals surface area contributed by atoms with E-state index in [0.717, 1.165) is 13.1 Å². The van der Waals surface area contributed by atoms with Gasteiger partial charge < -0.3 is 9.80 Å². The number of likely N-dealkylation sites (N-methyl/N-ethyl adjacent to an activating group) is 1. The molecule has 102 valence electrons. The Balaban J connectivity index is 4.64. The Kier molecular flexibility index (Phi) is 5.66. The molecule has 0 bridgehead atoms. The molecule has 0 aromatic heterocycles. The monoisotopic (exact) mass is 242 g/mol. The van der Waals surface area contributed by atoms with E-state index in [-0.39, 0.29) is 16.9 Å². The van der Waals surface area contributed by atoms with Crippen molar-refractivity contribution in [2.24, 2.45) is 5.41 Å². The van der Waals surface area contributed by atoms with Crippen LogP contribution in [0.25, 0.3) is 0 Å². The van der Waals surface area contributed by atoms with Crippen molar-refractivity contribution in [2.75, 3.05) is 27.2 Å². The van der Waals surface area contributed by atoms with Gasteiger partial charge >= 0.3 is 0 Å². The van der Waals surface area contributed by atoms with Crippen LogP contribution in [0.15, 0.2) is 0 Å². The molecular formula is C14H30N2O. The summed E-state index contributed by atoms with van der Waals surface area (Å²) >= 11 is 0. The topological polar surface area (TPSA) is 23.6 Å². The molecule has 0 aliphatic carbocycles. The smallest absolute Gasteiger partial charge is 0.223 e. The van der Waals surface area contributed by atoms with Crippen LogP contribution >= 0.6 is 0 Å². The number of carbonyl (C=O) groups excluding carboxylic acids is 1. The Bertz CT molecular complexity index is 246. The first-order valence-corrected chi connectivity index (χ1v) is 6.39. The van der Waals surface area contributed by atoms with Gasteiger partial charge in [0.05, 0.1) is 0 Å². The van der Waals surface area contributed by atoms with Crippen molar-refractivity contribution in [1.82, 2.24) is 9.80 Å². The first-order chi connectivity index (χ1) is 7.43. The summed E-state index contributed by atoms with van der Waals surface area (Å²) in [6, 6.07) is 0. The molecule has 0 aliphatic heterocycles. The van der Waals surface area contributed by atoms with Gasteiger partial charge in [-0.3, -0.25) is 4.79 Å². The average molecular weight is 242 g/mol. The Morgan fingerprint density at radius 2 is 1.41 bits per heavy atom. The average Bonchev–Trinajstić information content (AvgIpc) is 1.96. The molecule has 0 rings (SSSR count). The molecule has 1 amide bonds. The summed E-state index contributed by atoms with van der Waals surface area (Å²) in [5.74, 6) is 0.256. The molecular weight excluding hydrogens is 212 g/mol. The second-order valence-electron chi connectivity index (χ2n) is 7.26. The Morgan fingerprint density at radius 1 is 0.941 bits per heavy atom. The number of carbonyl (C=O) groups is 1. The van der Waals surface area contributed by atoms with Gasteiger partial charge in [0.25, 0.3) is 0 Å². The standard InChI is InChI=1S/C14H30N2O/c1-13(2,3)11-12(17)16(14(4,5)6)10-9-15(7)8/h9-11H2,1-8H3. The molecule has 0 radical (unpaired) electrons. The fourth-order valence-corrected chi connectivity index (χ4v) is 1.68. The maximum absolute atomic E-state index is 12.3. The van der Waals surface area contributed by atoms with Crippen LogP contribution < -0.4 is 0 Å². The number of nitrogens with zero attached hydrogens (tertiary/aromatic N) is 2. The molecule has 0 saturated heterocycles. The summed E-state index contributed by atoms with van der Waals surface area (Å²) in [6.07, 6.45) is 0.609. The van der Waals surface area contributed by atoms with Crippen molar-refractivity contribution >= 4 is 5.91 Å². The molecule has 3 heteroatoms. The van der Waals surface area contributed by atoms with Gasteiger partial charge in [-0.15, -0.1) is 0 Å². The van der Waals surface area contributed by atoms with Gasteiger partial charge in [-0.1, -0.05) is 20.8 Å². The van der Waals surface area contributed by atoms with Crippen molar-refractivity contribution in [3.8, 4) is 0 Å². The minimum absolute atomic E-state index is 0.0543. The zero-order chi connectivity index (χ0) is 13.9. The molecule has 0 spiro atoms. The number of rotatable bonds is 4. The molecule has 0 fully saturated rings. The first-order valence-electron chi connectivity index (χ1n) is 6.39. The quantitative estimate of drug-likeness (QED) is 0.756. The molecule has 0 aliphatic rings. The predicted octanol–water partition coefficient (Wildman–Crippen LogP) is 2.61. The molecule has 17 heavy (non-hydrogen) atoms. The lowest BCUT2D eigenvalue weighted by atomic mass is 9.90. The van der Waals surface area contributed by atoms with Gasteiger partial charge in [0.1, 0.15) is 0 Å². The Labute approximate surface area is 107 Å². The second-order valence-corrected chi connectivity index (χ2v) is 7.26. The second kappa shape index (κ2) is 5.85. The predicted molar refractivity (Wildman–Crippen MR) is 74.1 cm³/mol. The molecule has 0 aromatic rings. The van der Waals surface area contributed by atoms with Crippen molar-refractivity contribution in [2.45, 2.75) is 53.5 Å². The molecule has 0 heterocycles. The van der Waals surface area contributed by atoms with E-state index in [9.17, 15) is 4.79 Å². The number of hydrogen-bond acceptors (Lipinski definition) is 2. The summed E-state index contributed by atoms with van der Waals surface area (Å²) in [6.45, 7) is 14.3. The third-order valence-electron chi connectivity index (χ3n) is 2.56. The molecule has 3 nitrogen and oxygen atoms in total. The lowest BCUT2D eigenvalue weighted by Crippen LogP contribution is -2.49. The Morgan fingerprint density at radius 3 is 1.71 bits per heavy atom. The van der Waals surface area contributed by atoms with Gasteiger partial charge in [-0.2, -0.15) is 0 Å². The number of hydrogen-bond donors (Lipinski definition) is 0. The molecule has 0 saturated carbocycles. The van der Waals surface area contributed by atoms with E-state index >= 15 is 0 Å². The Hall–Kier alpha value is -0.570. The molecule has 0 atom stereocenters. The maximum Gasteiger partial charge on any atom is 0.223 e. The summed E-state index contributed by atoms with van der Waals surface area (Å²) < 4.78 is 0. The maximum atomic E-state index is 12.3. The van der Waals surface area contributed by atoms with Crippen molar-refractivity contribution in [1.29, 1.82) is 0 Å². The fourth-order valence-electron chi connectivity index (χ4n) is 1.68. The van der Waals surface area contributed by atoms with Crippen LogP contribution in [0.5, 0.6) is 0 Å². The lowest BCUT2D eigenvalue weighted by molar-refractivity contribution is -0.138. The highest BCUT2D eigenvalue weighted by Gasteiger charge is 2.28. The molecule has 0 unspecified atom stereocenters. The highest BCUT2D eigenvalue weighted by Crippen LogP contribution is 2.23. The minimum Gasteiger partial charge on any atom is -0.337 e. The SMILES string of the molecule is CN(C)CCN(C(=O)CC(C)(C)C)C(C)(C)C. The van der Waals surface area contributed by atoms with E-state index in [4.69, 9.17) is 0 Å². The lowest BCUT2D eigenvalue weighted by Gasteiger charge is -2.38. The van der Waals surface area contributed by atoms with Crippen LogP contribution in [0.4, 0.5) is 0 Å². The van der Waals surface area contributed by atoms with Gasteiger partial charge in [0.15, 0.2) is 0 Å². The van der Waals surface area contributed by atoms with Crippen LogP contribution in [0.2, 0.25) is 0 Å².